The van der Waals surface area contributed by atoms with Crippen LogP contribution in [0.4, 0.5) is 4.39 Å². The highest BCUT2D eigenvalue weighted by atomic mass is 19.1. The summed E-state index contributed by atoms with van der Waals surface area (Å²) in [6, 6.07) is 12.8. The minimum atomic E-state index is -0.389. The maximum absolute atomic E-state index is 13.6. The lowest BCUT2D eigenvalue weighted by Gasteiger charge is -2.25. The molecule has 0 radical (unpaired) electrons. The summed E-state index contributed by atoms with van der Waals surface area (Å²) >= 11 is 0. The molecular weight excluding hydrogens is 393 g/mol. The number of rotatable bonds is 5. The number of aromatic nitrogens is 1. The Morgan fingerprint density at radius 2 is 1.90 bits per heavy atom. The number of ether oxygens (including phenoxy) is 2. The summed E-state index contributed by atoms with van der Waals surface area (Å²) in [4.78, 5) is 17.0. The molecule has 0 N–H and O–H groups in total. The summed E-state index contributed by atoms with van der Waals surface area (Å²) in [5.41, 5.74) is 4.76. The van der Waals surface area contributed by atoms with Crippen LogP contribution in [0.15, 0.2) is 48.5 Å². The molecule has 1 aliphatic heterocycles. The van der Waals surface area contributed by atoms with E-state index in [2.05, 4.69) is 18.2 Å². The molecule has 4 rings (SSSR count). The maximum Gasteiger partial charge on any atom is 0.330 e. The Morgan fingerprint density at radius 1 is 1.16 bits per heavy atom. The highest BCUT2D eigenvalue weighted by molar-refractivity contribution is 6.02. The van der Waals surface area contributed by atoms with Gasteiger partial charge in [-0.3, -0.25) is 4.98 Å². The zero-order chi connectivity index (χ0) is 21.8. The number of aryl methyl sites for hydroxylation is 1. The quantitative estimate of drug-likeness (QED) is 0.386. The van der Waals surface area contributed by atoms with Crippen LogP contribution in [0, 0.1) is 12.7 Å². The molecule has 0 bridgehead atoms. The van der Waals surface area contributed by atoms with Gasteiger partial charge < -0.3 is 9.47 Å². The number of hydrogen-bond donors (Lipinski definition) is 0. The van der Waals surface area contributed by atoms with E-state index in [0.717, 1.165) is 51.7 Å². The molecule has 0 aliphatic carbocycles. The van der Waals surface area contributed by atoms with Crippen molar-refractivity contribution in [1.82, 2.24) is 4.98 Å². The van der Waals surface area contributed by atoms with Crippen LogP contribution in [0.3, 0.4) is 0 Å². The van der Waals surface area contributed by atoms with Crippen molar-refractivity contribution in [3.8, 4) is 11.1 Å². The number of hydrogen-bond acceptors (Lipinski definition) is 4. The number of halogens is 1. The highest BCUT2D eigenvalue weighted by Crippen LogP contribution is 2.40. The number of carbonyl (C=O) groups excluding carboxylic acids is 1. The molecule has 0 spiro atoms. The molecule has 0 amide bonds. The van der Waals surface area contributed by atoms with E-state index in [0.29, 0.717) is 19.8 Å². The lowest BCUT2D eigenvalue weighted by atomic mass is 9.86. The SMILES string of the molecule is CCOC(=O)/C=C/c1nc(C2CCOCC2)c(-c2ccc(F)cc2)c2ccc(C)cc12. The van der Waals surface area contributed by atoms with Crippen LogP contribution in [0.1, 0.15) is 42.6 Å². The van der Waals surface area contributed by atoms with Crippen molar-refractivity contribution >= 4 is 22.8 Å². The average Bonchev–Trinajstić information content (AvgIpc) is 2.78. The van der Waals surface area contributed by atoms with Gasteiger partial charge in [0.15, 0.2) is 0 Å². The number of fused-ring (bicyclic) bond motifs is 1. The van der Waals surface area contributed by atoms with Crippen molar-refractivity contribution in [2.24, 2.45) is 0 Å². The average molecular weight is 419 g/mol. The predicted octanol–water partition coefficient (Wildman–Crippen LogP) is 5.82. The van der Waals surface area contributed by atoms with E-state index < -0.39 is 0 Å². The first-order valence-electron chi connectivity index (χ1n) is 10.7. The minimum Gasteiger partial charge on any atom is -0.463 e. The fourth-order valence-corrected chi connectivity index (χ4v) is 4.12. The van der Waals surface area contributed by atoms with Gasteiger partial charge in [-0.05, 0) is 61.9 Å². The van der Waals surface area contributed by atoms with E-state index in [-0.39, 0.29) is 17.7 Å². The molecule has 2 aromatic carbocycles. The Morgan fingerprint density at radius 3 is 2.61 bits per heavy atom. The predicted molar refractivity (Wildman–Crippen MR) is 120 cm³/mol. The molecule has 1 saturated heterocycles. The van der Waals surface area contributed by atoms with Crippen molar-refractivity contribution in [3.63, 3.8) is 0 Å². The molecule has 31 heavy (non-hydrogen) atoms. The van der Waals surface area contributed by atoms with Gasteiger partial charge in [0, 0.05) is 36.2 Å². The van der Waals surface area contributed by atoms with Crippen molar-refractivity contribution in [2.45, 2.75) is 32.6 Å². The normalized spacial score (nSPS) is 14.9. The Bertz CT molecular complexity index is 1120. The van der Waals surface area contributed by atoms with Gasteiger partial charge in [-0.1, -0.05) is 29.8 Å². The monoisotopic (exact) mass is 419 g/mol. The number of nitrogens with zero attached hydrogens (tertiary/aromatic N) is 1. The molecule has 5 heteroatoms. The second-order valence-corrected chi connectivity index (χ2v) is 7.79. The lowest BCUT2D eigenvalue weighted by Crippen LogP contribution is -2.16. The fraction of sp³-hybridized carbons (Fsp3) is 0.308. The molecule has 0 unspecified atom stereocenters. The van der Waals surface area contributed by atoms with E-state index in [1.54, 1.807) is 13.0 Å². The summed E-state index contributed by atoms with van der Waals surface area (Å²) in [5.74, 6) is -0.423. The smallest absolute Gasteiger partial charge is 0.330 e. The molecule has 0 atom stereocenters. The van der Waals surface area contributed by atoms with Gasteiger partial charge in [0.25, 0.3) is 0 Å². The first-order valence-corrected chi connectivity index (χ1v) is 10.7. The van der Waals surface area contributed by atoms with Crippen LogP contribution < -0.4 is 0 Å². The Hall–Kier alpha value is -3.05. The zero-order valence-corrected chi connectivity index (χ0v) is 17.9. The van der Waals surface area contributed by atoms with Crippen molar-refractivity contribution in [1.29, 1.82) is 0 Å². The zero-order valence-electron chi connectivity index (χ0n) is 17.9. The maximum atomic E-state index is 13.6. The molecule has 1 fully saturated rings. The standard InChI is InChI=1S/C26H26FNO3/c1-3-31-24(29)11-10-23-22-16-17(2)4-9-21(22)25(18-5-7-20(27)8-6-18)26(28-23)19-12-14-30-15-13-19/h4-11,16,19H,3,12-15H2,1-2H3/b11-10+. The Kier molecular flexibility index (Phi) is 6.42. The first-order chi connectivity index (χ1) is 15.1. The van der Waals surface area contributed by atoms with Crippen LogP contribution in [0.2, 0.25) is 0 Å². The Balaban J connectivity index is 1.96. The van der Waals surface area contributed by atoms with Gasteiger partial charge in [-0.25, -0.2) is 9.18 Å². The van der Waals surface area contributed by atoms with Gasteiger partial charge >= 0.3 is 5.97 Å². The summed E-state index contributed by atoms with van der Waals surface area (Å²) in [6.07, 6.45) is 4.91. The summed E-state index contributed by atoms with van der Waals surface area (Å²) in [7, 11) is 0. The molecule has 1 aromatic heterocycles. The molecule has 4 nitrogen and oxygen atoms in total. The topological polar surface area (TPSA) is 48.4 Å². The third kappa shape index (κ3) is 4.67. The molecular formula is C26H26FNO3. The molecule has 160 valence electrons. The van der Waals surface area contributed by atoms with Crippen LogP contribution in [-0.2, 0) is 14.3 Å². The van der Waals surface area contributed by atoms with E-state index in [4.69, 9.17) is 14.5 Å². The van der Waals surface area contributed by atoms with Gasteiger partial charge in [0.2, 0.25) is 0 Å². The van der Waals surface area contributed by atoms with E-state index in [9.17, 15) is 9.18 Å². The number of benzene rings is 2. The third-order valence-corrected chi connectivity index (χ3v) is 5.62. The van der Waals surface area contributed by atoms with E-state index in [1.165, 1.54) is 18.2 Å². The van der Waals surface area contributed by atoms with Crippen LogP contribution in [0.5, 0.6) is 0 Å². The molecule has 1 aliphatic rings. The summed E-state index contributed by atoms with van der Waals surface area (Å²) < 4.78 is 24.3. The minimum absolute atomic E-state index is 0.231. The Labute approximate surface area is 181 Å². The molecule has 2 heterocycles. The second-order valence-electron chi connectivity index (χ2n) is 7.79. The van der Waals surface area contributed by atoms with Crippen molar-refractivity contribution in [2.75, 3.05) is 19.8 Å². The number of pyridine rings is 1. The largest absolute Gasteiger partial charge is 0.463 e. The van der Waals surface area contributed by atoms with Crippen molar-refractivity contribution in [3.05, 3.63) is 71.3 Å². The van der Waals surface area contributed by atoms with Crippen LogP contribution in [-0.4, -0.2) is 30.8 Å². The summed E-state index contributed by atoms with van der Waals surface area (Å²) in [5, 5.41) is 1.99. The van der Waals surface area contributed by atoms with Gasteiger partial charge in [0.05, 0.1) is 18.0 Å². The first kappa shape index (κ1) is 21.2. The summed E-state index contributed by atoms with van der Waals surface area (Å²) in [6.45, 7) is 5.52. The number of carbonyl (C=O) groups is 1. The van der Waals surface area contributed by atoms with Crippen LogP contribution in [0.25, 0.3) is 28.0 Å². The molecule has 3 aromatic rings. The van der Waals surface area contributed by atoms with Gasteiger partial charge in [0.1, 0.15) is 5.82 Å². The highest BCUT2D eigenvalue weighted by Gasteiger charge is 2.24. The van der Waals surface area contributed by atoms with Crippen molar-refractivity contribution < 1.29 is 18.7 Å². The molecule has 0 saturated carbocycles. The second kappa shape index (κ2) is 9.40. The fourth-order valence-electron chi connectivity index (χ4n) is 4.12. The van der Waals surface area contributed by atoms with Crippen LogP contribution >= 0.6 is 0 Å². The lowest BCUT2D eigenvalue weighted by molar-refractivity contribution is -0.137. The third-order valence-electron chi connectivity index (χ3n) is 5.62. The van der Waals surface area contributed by atoms with E-state index in [1.807, 2.05) is 19.1 Å². The van der Waals surface area contributed by atoms with Gasteiger partial charge in [-0.15, -0.1) is 0 Å². The number of esters is 1. The van der Waals surface area contributed by atoms with Gasteiger partial charge in [-0.2, -0.15) is 0 Å². The van der Waals surface area contributed by atoms with E-state index >= 15 is 0 Å².